The van der Waals surface area contributed by atoms with E-state index in [1.54, 1.807) is 36.4 Å². The zero-order valence-corrected chi connectivity index (χ0v) is 16.6. The van der Waals surface area contributed by atoms with Crippen molar-refractivity contribution in [2.24, 2.45) is 4.99 Å². The monoisotopic (exact) mass is 431 g/mol. The summed E-state index contributed by atoms with van der Waals surface area (Å²) in [5.41, 5.74) is 1.95. The molecule has 0 radical (unpaired) electrons. The quantitative estimate of drug-likeness (QED) is 0.641. The van der Waals surface area contributed by atoms with Crippen LogP contribution in [0.15, 0.2) is 82.7 Å². The highest BCUT2D eigenvalue weighted by molar-refractivity contribution is 7.90. The fraction of sp³-hybridized carbons (Fsp3) is 0. The molecule has 0 saturated carbocycles. The Balaban J connectivity index is 1.48. The van der Waals surface area contributed by atoms with Gasteiger partial charge in [-0.15, -0.1) is 0 Å². The maximum atomic E-state index is 13.0. The highest BCUT2D eigenvalue weighted by Gasteiger charge is 2.43. The molecule has 0 atom stereocenters. The molecule has 2 heterocycles. The van der Waals surface area contributed by atoms with Crippen LogP contribution in [0.1, 0.15) is 26.3 Å². The van der Waals surface area contributed by atoms with Crippen LogP contribution in [0.2, 0.25) is 0 Å². The first-order chi connectivity index (χ1) is 14.9. The predicted octanol–water partition coefficient (Wildman–Crippen LogP) is 2.74. The molecule has 2 aliphatic rings. The number of nitrogens with zero attached hydrogens (tertiary/aromatic N) is 2. The van der Waals surface area contributed by atoms with E-state index in [1.165, 1.54) is 36.4 Å². The molecule has 3 aromatic carbocycles. The van der Waals surface area contributed by atoms with E-state index >= 15 is 0 Å². The first-order valence-electron chi connectivity index (χ1n) is 9.20. The number of para-hydroxylation sites is 1. The lowest BCUT2D eigenvalue weighted by molar-refractivity contribution is -0.110. The van der Waals surface area contributed by atoms with Crippen molar-refractivity contribution in [2.45, 2.75) is 4.90 Å². The van der Waals surface area contributed by atoms with Crippen LogP contribution in [0.4, 0.5) is 11.4 Å². The molecule has 0 aromatic heterocycles. The Morgan fingerprint density at radius 1 is 0.710 bits per heavy atom. The van der Waals surface area contributed by atoms with Crippen molar-refractivity contribution in [1.29, 1.82) is 0 Å². The average molecular weight is 431 g/mol. The number of nitrogens with one attached hydrogen (secondary N) is 1. The van der Waals surface area contributed by atoms with E-state index in [-0.39, 0.29) is 31.9 Å². The first kappa shape index (κ1) is 18.9. The second-order valence-corrected chi connectivity index (χ2v) is 8.67. The van der Waals surface area contributed by atoms with E-state index in [0.717, 1.165) is 0 Å². The standard InChI is InChI=1S/C22H13N3O5S/c26-20-19(17-7-3-4-8-18(17)24-20)23-13-9-11-14(12-10-13)31(29,30)25-21(27)15-5-1-2-6-16(15)22(25)28/h1-12H,(H,23,24,26). The van der Waals surface area contributed by atoms with E-state index < -0.39 is 21.8 Å². The number of benzene rings is 3. The minimum Gasteiger partial charge on any atom is -0.320 e. The number of anilines is 1. The van der Waals surface area contributed by atoms with Gasteiger partial charge in [0.05, 0.1) is 27.4 Å². The fourth-order valence-corrected chi connectivity index (χ4v) is 4.85. The SMILES string of the molecule is O=C1Nc2ccccc2C1=Nc1ccc(S(=O)(=O)N2C(=O)c3ccccc3C2=O)cc1. The van der Waals surface area contributed by atoms with E-state index in [2.05, 4.69) is 10.3 Å². The zero-order chi connectivity index (χ0) is 21.8. The molecule has 0 bridgehead atoms. The Morgan fingerprint density at radius 2 is 1.26 bits per heavy atom. The van der Waals surface area contributed by atoms with Crippen LogP contribution in [0, 0.1) is 0 Å². The summed E-state index contributed by atoms with van der Waals surface area (Å²) in [4.78, 5) is 41.4. The van der Waals surface area contributed by atoms with Crippen molar-refractivity contribution in [3.63, 3.8) is 0 Å². The minimum absolute atomic E-state index is 0.0463. The van der Waals surface area contributed by atoms with Gasteiger partial charge in [0.2, 0.25) is 0 Å². The van der Waals surface area contributed by atoms with Gasteiger partial charge in [-0.1, -0.05) is 30.3 Å². The number of aliphatic imine (C=N–C) groups is 1. The first-order valence-corrected chi connectivity index (χ1v) is 10.6. The zero-order valence-electron chi connectivity index (χ0n) is 15.8. The van der Waals surface area contributed by atoms with Gasteiger partial charge in [0.15, 0.2) is 0 Å². The molecule has 8 nitrogen and oxygen atoms in total. The largest absolute Gasteiger partial charge is 0.320 e. The normalized spacial score (nSPS) is 16.5. The van der Waals surface area contributed by atoms with Crippen molar-refractivity contribution in [1.82, 2.24) is 4.31 Å². The van der Waals surface area contributed by atoms with Gasteiger partial charge in [0, 0.05) is 5.56 Å². The molecule has 0 spiro atoms. The summed E-state index contributed by atoms with van der Waals surface area (Å²) >= 11 is 0. The van der Waals surface area contributed by atoms with Crippen LogP contribution in [0.5, 0.6) is 0 Å². The highest BCUT2D eigenvalue weighted by Crippen LogP contribution is 2.30. The molecular formula is C22H13N3O5S. The number of carbonyl (C=O) groups is 3. The molecule has 1 N–H and O–H groups in total. The number of amides is 3. The Labute approximate surface area is 176 Å². The minimum atomic E-state index is -4.40. The number of hydrogen-bond acceptors (Lipinski definition) is 6. The van der Waals surface area contributed by atoms with Crippen LogP contribution in [0.3, 0.4) is 0 Å². The van der Waals surface area contributed by atoms with Crippen LogP contribution in [-0.4, -0.2) is 36.2 Å². The molecule has 31 heavy (non-hydrogen) atoms. The number of carbonyl (C=O) groups excluding carboxylic acids is 3. The van der Waals surface area contributed by atoms with E-state index in [9.17, 15) is 22.8 Å². The van der Waals surface area contributed by atoms with Gasteiger partial charge in [-0.25, -0.2) is 13.4 Å². The number of imide groups is 1. The van der Waals surface area contributed by atoms with Crippen molar-refractivity contribution >= 4 is 44.8 Å². The van der Waals surface area contributed by atoms with Crippen molar-refractivity contribution < 1.29 is 22.8 Å². The number of hydrogen-bond donors (Lipinski definition) is 1. The van der Waals surface area contributed by atoms with Gasteiger partial charge in [-0.05, 0) is 42.5 Å². The average Bonchev–Trinajstić information content (AvgIpc) is 3.22. The van der Waals surface area contributed by atoms with Crippen LogP contribution in [-0.2, 0) is 14.8 Å². The Morgan fingerprint density at radius 3 is 1.87 bits per heavy atom. The van der Waals surface area contributed by atoms with Crippen LogP contribution >= 0.6 is 0 Å². The topological polar surface area (TPSA) is 113 Å². The van der Waals surface area contributed by atoms with Crippen molar-refractivity contribution in [3.05, 3.63) is 89.5 Å². The van der Waals surface area contributed by atoms with Gasteiger partial charge in [0.1, 0.15) is 5.71 Å². The molecule has 0 fully saturated rings. The second-order valence-electron chi connectivity index (χ2n) is 6.88. The lowest BCUT2D eigenvalue weighted by Crippen LogP contribution is -2.36. The molecule has 0 saturated heterocycles. The van der Waals surface area contributed by atoms with Gasteiger partial charge in [0.25, 0.3) is 27.7 Å². The molecule has 9 heteroatoms. The maximum absolute atomic E-state index is 13.0. The molecule has 0 unspecified atom stereocenters. The highest BCUT2D eigenvalue weighted by atomic mass is 32.2. The Bertz CT molecular complexity index is 1390. The number of sulfonamides is 1. The molecule has 3 amide bonds. The van der Waals surface area contributed by atoms with E-state index in [1.807, 2.05) is 0 Å². The summed E-state index contributed by atoms with van der Waals surface area (Å²) in [5.74, 6) is -2.13. The Kier molecular flexibility index (Phi) is 4.09. The van der Waals surface area contributed by atoms with Crippen LogP contribution < -0.4 is 5.32 Å². The molecule has 2 aliphatic heterocycles. The summed E-state index contributed by atoms with van der Waals surface area (Å²) in [6.45, 7) is 0. The lowest BCUT2D eigenvalue weighted by Gasteiger charge is -2.14. The smallest absolute Gasteiger partial charge is 0.275 e. The summed E-state index contributed by atoms with van der Waals surface area (Å²) in [5, 5.41) is 2.71. The third kappa shape index (κ3) is 2.86. The number of rotatable bonds is 3. The maximum Gasteiger partial charge on any atom is 0.275 e. The molecule has 152 valence electrons. The van der Waals surface area contributed by atoms with Gasteiger partial charge < -0.3 is 5.32 Å². The molecule has 0 aliphatic carbocycles. The fourth-order valence-electron chi connectivity index (χ4n) is 3.53. The Hall–Kier alpha value is -4.11. The third-order valence-corrected chi connectivity index (χ3v) is 6.70. The van der Waals surface area contributed by atoms with Gasteiger partial charge in [-0.3, -0.25) is 14.4 Å². The van der Waals surface area contributed by atoms with Crippen molar-refractivity contribution in [3.8, 4) is 0 Å². The predicted molar refractivity (Wildman–Crippen MR) is 112 cm³/mol. The van der Waals surface area contributed by atoms with E-state index in [4.69, 9.17) is 0 Å². The van der Waals surface area contributed by atoms with E-state index in [0.29, 0.717) is 16.9 Å². The summed E-state index contributed by atoms with van der Waals surface area (Å²) in [6, 6.07) is 18.3. The van der Waals surface area contributed by atoms with Gasteiger partial charge >= 0.3 is 0 Å². The van der Waals surface area contributed by atoms with Crippen LogP contribution in [0.25, 0.3) is 0 Å². The molecular weight excluding hydrogens is 418 g/mol. The number of fused-ring (bicyclic) bond motifs is 2. The van der Waals surface area contributed by atoms with Crippen molar-refractivity contribution in [2.75, 3.05) is 5.32 Å². The summed E-state index contributed by atoms with van der Waals surface area (Å²) < 4.78 is 26.2. The van der Waals surface area contributed by atoms with Gasteiger partial charge in [-0.2, -0.15) is 4.31 Å². The second kappa shape index (κ2) is 6.71. The summed E-state index contributed by atoms with van der Waals surface area (Å²) in [7, 11) is -4.40. The lowest BCUT2D eigenvalue weighted by atomic mass is 10.1. The summed E-state index contributed by atoms with van der Waals surface area (Å²) in [6.07, 6.45) is 0. The molecule has 3 aromatic rings. The molecule has 5 rings (SSSR count). The third-order valence-electron chi connectivity index (χ3n) is 5.02.